The van der Waals surface area contributed by atoms with E-state index in [1.165, 1.54) is 0 Å². The SMILES string of the molecule is Cc1cccnc1NC(=O)c1ccc(Oc2ccc(C(N)=O)cc2)cc1. The number of carbonyl (C=O) groups is 2. The maximum absolute atomic E-state index is 12.3. The van der Waals surface area contributed by atoms with Gasteiger partial charge >= 0.3 is 0 Å². The predicted octanol–water partition coefficient (Wildman–Crippen LogP) is 3.53. The quantitative estimate of drug-likeness (QED) is 0.738. The zero-order valence-electron chi connectivity index (χ0n) is 14.1. The van der Waals surface area contributed by atoms with Gasteiger partial charge in [-0.05, 0) is 67.1 Å². The molecule has 0 fully saturated rings. The van der Waals surface area contributed by atoms with Crippen molar-refractivity contribution in [3.8, 4) is 11.5 Å². The molecule has 3 N–H and O–H groups in total. The molecule has 0 saturated carbocycles. The Kier molecular flexibility index (Phi) is 4.94. The number of carbonyl (C=O) groups excluding carboxylic acids is 2. The van der Waals surface area contributed by atoms with Crippen molar-refractivity contribution in [2.45, 2.75) is 6.92 Å². The van der Waals surface area contributed by atoms with E-state index in [-0.39, 0.29) is 5.91 Å². The molecule has 0 aliphatic carbocycles. The van der Waals surface area contributed by atoms with Crippen molar-refractivity contribution in [3.05, 3.63) is 83.6 Å². The lowest BCUT2D eigenvalue weighted by molar-refractivity contribution is 0.0997. The summed E-state index contributed by atoms with van der Waals surface area (Å²) < 4.78 is 5.69. The van der Waals surface area contributed by atoms with Crippen molar-refractivity contribution in [1.82, 2.24) is 4.98 Å². The Morgan fingerprint density at radius 1 is 0.923 bits per heavy atom. The molecule has 0 atom stereocenters. The van der Waals surface area contributed by atoms with E-state index in [1.807, 2.05) is 19.1 Å². The van der Waals surface area contributed by atoms with Crippen molar-refractivity contribution in [1.29, 1.82) is 0 Å². The summed E-state index contributed by atoms with van der Waals surface area (Å²) in [4.78, 5) is 27.5. The third kappa shape index (κ3) is 4.05. The highest BCUT2D eigenvalue weighted by Crippen LogP contribution is 2.22. The zero-order valence-corrected chi connectivity index (χ0v) is 14.1. The Morgan fingerprint density at radius 3 is 2.04 bits per heavy atom. The number of nitrogens with two attached hydrogens (primary N) is 1. The fourth-order valence-electron chi connectivity index (χ4n) is 2.29. The van der Waals surface area contributed by atoms with Gasteiger partial charge in [0.1, 0.15) is 17.3 Å². The summed E-state index contributed by atoms with van der Waals surface area (Å²) in [7, 11) is 0. The smallest absolute Gasteiger partial charge is 0.256 e. The molecule has 130 valence electrons. The number of nitrogens with one attached hydrogen (secondary N) is 1. The van der Waals surface area contributed by atoms with Gasteiger partial charge in [-0.3, -0.25) is 9.59 Å². The molecule has 3 aromatic rings. The maximum atomic E-state index is 12.3. The Balaban J connectivity index is 1.67. The largest absolute Gasteiger partial charge is 0.457 e. The second-order valence-electron chi connectivity index (χ2n) is 5.64. The number of aromatic nitrogens is 1. The molecule has 2 aromatic carbocycles. The predicted molar refractivity (Wildman–Crippen MR) is 98.4 cm³/mol. The van der Waals surface area contributed by atoms with Gasteiger partial charge in [0.05, 0.1) is 0 Å². The number of hydrogen-bond acceptors (Lipinski definition) is 4. The molecule has 0 radical (unpaired) electrons. The summed E-state index contributed by atoms with van der Waals surface area (Å²) in [5.74, 6) is 0.935. The van der Waals surface area contributed by atoms with Crippen LogP contribution in [-0.2, 0) is 0 Å². The summed E-state index contributed by atoms with van der Waals surface area (Å²) in [5.41, 5.74) is 7.00. The van der Waals surface area contributed by atoms with E-state index < -0.39 is 5.91 Å². The molecule has 0 aliphatic rings. The third-order valence-electron chi connectivity index (χ3n) is 3.73. The van der Waals surface area contributed by atoms with E-state index in [4.69, 9.17) is 10.5 Å². The van der Waals surface area contributed by atoms with Crippen LogP contribution < -0.4 is 15.8 Å². The van der Waals surface area contributed by atoms with Crippen LogP contribution in [0.15, 0.2) is 66.9 Å². The van der Waals surface area contributed by atoms with Crippen LogP contribution in [0.4, 0.5) is 5.82 Å². The van der Waals surface area contributed by atoms with E-state index in [9.17, 15) is 9.59 Å². The summed E-state index contributed by atoms with van der Waals surface area (Å²) in [6, 6.07) is 16.9. The van der Waals surface area contributed by atoms with Crippen molar-refractivity contribution < 1.29 is 14.3 Å². The minimum atomic E-state index is -0.491. The van der Waals surface area contributed by atoms with Crippen molar-refractivity contribution in [2.24, 2.45) is 5.73 Å². The van der Waals surface area contributed by atoms with Crippen LogP contribution in [0.25, 0.3) is 0 Å². The number of rotatable bonds is 5. The average Bonchev–Trinajstić information content (AvgIpc) is 2.64. The lowest BCUT2D eigenvalue weighted by Gasteiger charge is -2.09. The Hall–Kier alpha value is -3.67. The fourth-order valence-corrected chi connectivity index (χ4v) is 2.29. The second-order valence-corrected chi connectivity index (χ2v) is 5.64. The molecule has 26 heavy (non-hydrogen) atoms. The number of amides is 2. The number of hydrogen-bond donors (Lipinski definition) is 2. The molecule has 6 heteroatoms. The molecule has 0 aliphatic heterocycles. The number of anilines is 1. The molecule has 6 nitrogen and oxygen atoms in total. The second kappa shape index (κ2) is 7.48. The Bertz CT molecular complexity index is 935. The van der Waals surface area contributed by atoms with E-state index in [1.54, 1.807) is 54.7 Å². The van der Waals surface area contributed by atoms with Crippen LogP contribution in [0.5, 0.6) is 11.5 Å². The first kappa shape index (κ1) is 17.2. The number of nitrogens with zero attached hydrogens (tertiary/aromatic N) is 1. The average molecular weight is 347 g/mol. The summed E-state index contributed by atoms with van der Waals surface area (Å²) in [6.07, 6.45) is 1.63. The van der Waals surface area contributed by atoms with Crippen LogP contribution in [0.2, 0.25) is 0 Å². The minimum absolute atomic E-state index is 0.246. The molecule has 3 rings (SSSR count). The first-order chi connectivity index (χ1) is 12.5. The minimum Gasteiger partial charge on any atom is -0.457 e. The Labute approximate surface area is 150 Å². The van der Waals surface area contributed by atoms with Crippen LogP contribution in [0.3, 0.4) is 0 Å². The van der Waals surface area contributed by atoms with Crippen molar-refractivity contribution in [3.63, 3.8) is 0 Å². The topological polar surface area (TPSA) is 94.3 Å². The van der Waals surface area contributed by atoms with Crippen LogP contribution in [-0.4, -0.2) is 16.8 Å². The summed E-state index contributed by atoms with van der Waals surface area (Å²) in [5, 5.41) is 2.78. The highest BCUT2D eigenvalue weighted by Gasteiger charge is 2.09. The van der Waals surface area contributed by atoms with Gasteiger partial charge in [0.15, 0.2) is 0 Å². The van der Waals surface area contributed by atoms with Gasteiger partial charge in [-0.15, -0.1) is 0 Å². The Morgan fingerprint density at radius 2 is 1.50 bits per heavy atom. The number of aryl methyl sites for hydroxylation is 1. The van der Waals surface area contributed by atoms with E-state index >= 15 is 0 Å². The monoisotopic (exact) mass is 347 g/mol. The van der Waals surface area contributed by atoms with Gasteiger partial charge < -0.3 is 15.8 Å². The van der Waals surface area contributed by atoms with E-state index in [0.717, 1.165) is 5.56 Å². The van der Waals surface area contributed by atoms with Gasteiger partial charge in [0.2, 0.25) is 5.91 Å². The van der Waals surface area contributed by atoms with Gasteiger partial charge in [0.25, 0.3) is 5.91 Å². The van der Waals surface area contributed by atoms with Gasteiger partial charge in [-0.25, -0.2) is 4.98 Å². The number of pyridine rings is 1. The van der Waals surface area contributed by atoms with E-state index in [0.29, 0.717) is 28.4 Å². The number of ether oxygens (including phenoxy) is 1. The molecule has 1 heterocycles. The zero-order chi connectivity index (χ0) is 18.5. The van der Waals surface area contributed by atoms with Crippen LogP contribution in [0, 0.1) is 6.92 Å². The first-order valence-electron chi connectivity index (χ1n) is 7.94. The molecule has 0 unspecified atom stereocenters. The van der Waals surface area contributed by atoms with Crippen LogP contribution >= 0.6 is 0 Å². The molecular weight excluding hydrogens is 330 g/mol. The molecule has 2 amide bonds. The lowest BCUT2D eigenvalue weighted by Crippen LogP contribution is -2.13. The first-order valence-corrected chi connectivity index (χ1v) is 7.94. The van der Waals surface area contributed by atoms with Gasteiger partial charge in [0, 0.05) is 17.3 Å². The molecule has 0 spiro atoms. The highest BCUT2D eigenvalue weighted by atomic mass is 16.5. The number of benzene rings is 2. The third-order valence-corrected chi connectivity index (χ3v) is 3.73. The van der Waals surface area contributed by atoms with Crippen molar-refractivity contribution in [2.75, 3.05) is 5.32 Å². The van der Waals surface area contributed by atoms with E-state index in [2.05, 4.69) is 10.3 Å². The summed E-state index contributed by atoms with van der Waals surface area (Å²) >= 11 is 0. The molecule has 1 aromatic heterocycles. The highest BCUT2D eigenvalue weighted by molar-refractivity contribution is 6.04. The van der Waals surface area contributed by atoms with Crippen LogP contribution in [0.1, 0.15) is 26.3 Å². The lowest BCUT2D eigenvalue weighted by atomic mass is 10.2. The standard InChI is InChI=1S/C20H17N3O3/c1-13-3-2-12-22-19(13)23-20(25)15-6-10-17(11-7-15)26-16-8-4-14(5-9-16)18(21)24/h2-12H,1H3,(H2,21,24)(H,22,23,25). The van der Waals surface area contributed by atoms with Gasteiger partial charge in [-0.2, -0.15) is 0 Å². The van der Waals surface area contributed by atoms with Gasteiger partial charge in [-0.1, -0.05) is 6.07 Å². The number of primary amides is 1. The molecule has 0 bridgehead atoms. The normalized spacial score (nSPS) is 10.2. The maximum Gasteiger partial charge on any atom is 0.256 e. The summed E-state index contributed by atoms with van der Waals surface area (Å²) in [6.45, 7) is 1.88. The molecule has 0 saturated heterocycles. The fraction of sp³-hybridized carbons (Fsp3) is 0.0500. The molecular formula is C20H17N3O3. The van der Waals surface area contributed by atoms with Crippen molar-refractivity contribution >= 4 is 17.6 Å².